The Morgan fingerprint density at radius 1 is 1.67 bits per heavy atom. The van der Waals surface area contributed by atoms with Crippen LogP contribution in [0, 0.1) is 0 Å². The standard InChI is InChI=1S/C10H15N3O2/c1-2-15-10(14)4-6-13-9-3-5-12-7-8(9)11/h3,5,7H,2,4,6,11H2,1H3,(H,12,13). The molecule has 5 nitrogen and oxygen atoms in total. The van der Waals surface area contributed by atoms with Gasteiger partial charge in [0.25, 0.3) is 0 Å². The third-order valence-corrected chi connectivity index (χ3v) is 1.80. The van der Waals surface area contributed by atoms with Crippen molar-refractivity contribution in [1.82, 2.24) is 4.98 Å². The molecule has 0 bridgehead atoms. The summed E-state index contributed by atoms with van der Waals surface area (Å²) in [6.45, 7) is 2.70. The van der Waals surface area contributed by atoms with Crippen LogP contribution in [0.1, 0.15) is 13.3 Å². The highest BCUT2D eigenvalue weighted by Crippen LogP contribution is 2.14. The number of pyridine rings is 1. The topological polar surface area (TPSA) is 77.2 Å². The molecule has 0 unspecified atom stereocenters. The van der Waals surface area contributed by atoms with Crippen LogP contribution in [-0.2, 0) is 9.53 Å². The molecular formula is C10H15N3O2. The van der Waals surface area contributed by atoms with Gasteiger partial charge in [-0.2, -0.15) is 0 Å². The fourth-order valence-electron chi connectivity index (χ4n) is 1.10. The van der Waals surface area contributed by atoms with E-state index < -0.39 is 0 Å². The smallest absolute Gasteiger partial charge is 0.307 e. The van der Waals surface area contributed by atoms with Gasteiger partial charge in [0, 0.05) is 12.7 Å². The number of nitrogens with one attached hydrogen (secondary N) is 1. The predicted molar refractivity (Wildman–Crippen MR) is 58.4 cm³/mol. The number of anilines is 2. The Kier molecular flexibility index (Phi) is 4.40. The summed E-state index contributed by atoms with van der Waals surface area (Å²) in [5, 5.41) is 3.04. The summed E-state index contributed by atoms with van der Waals surface area (Å²) < 4.78 is 4.79. The van der Waals surface area contributed by atoms with Gasteiger partial charge in [-0.1, -0.05) is 0 Å². The van der Waals surface area contributed by atoms with Crippen molar-refractivity contribution in [3.8, 4) is 0 Å². The Bertz CT molecular complexity index is 328. The second-order valence-corrected chi connectivity index (χ2v) is 2.94. The van der Waals surface area contributed by atoms with Gasteiger partial charge in [0.2, 0.25) is 0 Å². The highest BCUT2D eigenvalue weighted by atomic mass is 16.5. The minimum Gasteiger partial charge on any atom is -0.466 e. The molecule has 82 valence electrons. The van der Waals surface area contributed by atoms with Crippen molar-refractivity contribution in [1.29, 1.82) is 0 Å². The molecule has 0 aliphatic heterocycles. The van der Waals surface area contributed by atoms with Gasteiger partial charge in [0.15, 0.2) is 0 Å². The van der Waals surface area contributed by atoms with E-state index in [1.807, 2.05) is 0 Å². The largest absolute Gasteiger partial charge is 0.466 e. The summed E-state index contributed by atoms with van der Waals surface area (Å²) in [5.74, 6) is -0.211. The molecule has 5 heteroatoms. The fourth-order valence-corrected chi connectivity index (χ4v) is 1.10. The molecule has 1 heterocycles. The van der Waals surface area contributed by atoms with Crippen LogP contribution >= 0.6 is 0 Å². The van der Waals surface area contributed by atoms with Gasteiger partial charge in [0.05, 0.1) is 30.6 Å². The Balaban J connectivity index is 2.32. The lowest BCUT2D eigenvalue weighted by atomic mass is 10.3. The van der Waals surface area contributed by atoms with Crippen molar-refractivity contribution < 1.29 is 9.53 Å². The number of aromatic nitrogens is 1. The third kappa shape index (κ3) is 3.84. The zero-order chi connectivity index (χ0) is 11.1. The normalized spacial score (nSPS) is 9.67. The van der Waals surface area contributed by atoms with Crippen molar-refractivity contribution >= 4 is 17.3 Å². The highest BCUT2D eigenvalue weighted by Gasteiger charge is 2.02. The molecule has 0 saturated heterocycles. The van der Waals surface area contributed by atoms with Crippen LogP contribution < -0.4 is 11.1 Å². The average molecular weight is 209 g/mol. The number of esters is 1. The maximum atomic E-state index is 11.0. The molecule has 0 saturated carbocycles. The van der Waals surface area contributed by atoms with Crippen LogP contribution in [0.5, 0.6) is 0 Å². The van der Waals surface area contributed by atoms with Crippen molar-refractivity contribution in [3.63, 3.8) is 0 Å². The zero-order valence-electron chi connectivity index (χ0n) is 8.69. The molecule has 0 atom stereocenters. The molecule has 1 aromatic rings. The van der Waals surface area contributed by atoms with E-state index in [1.54, 1.807) is 25.4 Å². The van der Waals surface area contributed by atoms with Crippen molar-refractivity contribution in [2.75, 3.05) is 24.2 Å². The van der Waals surface area contributed by atoms with Crippen LogP contribution in [-0.4, -0.2) is 24.1 Å². The Morgan fingerprint density at radius 3 is 3.13 bits per heavy atom. The molecule has 0 aliphatic carbocycles. The molecule has 0 aliphatic rings. The number of hydrogen-bond acceptors (Lipinski definition) is 5. The molecule has 0 amide bonds. The minimum absolute atomic E-state index is 0.211. The monoisotopic (exact) mass is 209 g/mol. The van der Waals surface area contributed by atoms with Crippen LogP contribution in [0.4, 0.5) is 11.4 Å². The summed E-state index contributed by atoms with van der Waals surface area (Å²) in [7, 11) is 0. The number of nitrogens with two attached hydrogens (primary N) is 1. The fraction of sp³-hybridized carbons (Fsp3) is 0.400. The molecule has 3 N–H and O–H groups in total. The van der Waals surface area contributed by atoms with E-state index in [0.717, 1.165) is 5.69 Å². The van der Waals surface area contributed by atoms with E-state index in [-0.39, 0.29) is 5.97 Å². The molecule has 0 fully saturated rings. The number of hydrogen-bond donors (Lipinski definition) is 2. The first-order valence-electron chi connectivity index (χ1n) is 4.83. The summed E-state index contributed by atoms with van der Waals surface area (Å²) in [6.07, 6.45) is 3.53. The lowest BCUT2D eigenvalue weighted by molar-refractivity contribution is -0.142. The number of carbonyl (C=O) groups excluding carboxylic acids is 1. The first-order valence-corrected chi connectivity index (χ1v) is 4.83. The average Bonchev–Trinajstić information content (AvgIpc) is 2.21. The summed E-state index contributed by atoms with van der Waals surface area (Å²) >= 11 is 0. The second-order valence-electron chi connectivity index (χ2n) is 2.94. The van der Waals surface area contributed by atoms with E-state index in [4.69, 9.17) is 10.5 Å². The van der Waals surface area contributed by atoms with Crippen molar-refractivity contribution in [2.24, 2.45) is 0 Å². The van der Waals surface area contributed by atoms with E-state index in [9.17, 15) is 4.79 Å². The number of ether oxygens (including phenoxy) is 1. The van der Waals surface area contributed by atoms with Gasteiger partial charge in [0.1, 0.15) is 0 Å². The van der Waals surface area contributed by atoms with Crippen LogP contribution in [0.2, 0.25) is 0 Å². The lowest BCUT2D eigenvalue weighted by Gasteiger charge is -2.07. The minimum atomic E-state index is -0.211. The van der Waals surface area contributed by atoms with Gasteiger partial charge in [-0.15, -0.1) is 0 Å². The van der Waals surface area contributed by atoms with E-state index in [0.29, 0.717) is 25.3 Å². The molecule has 0 aromatic carbocycles. The van der Waals surface area contributed by atoms with Gasteiger partial charge >= 0.3 is 5.97 Å². The molecule has 15 heavy (non-hydrogen) atoms. The van der Waals surface area contributed by atoms with Gasteiger partial charge in [-0.05, 0) is 13.0 Å². The predicted octanol–water partition coefficient (Wildman–Crippen LogP) is 1.03. The Labute approximate surface area is 88.6 Å². The Morgan fingerprint density at radius 2 is 2.47 bits per heavy atom. The molecule has 1 rings (SSSR count). The van der Waals surface area contributed by atoms with E-state index in [2.05, 4.69) is 10.3 Å². The Hall–Kier alpha value is -1.78. The maximum absolute atomic E-state index is 11.0. The third-order valence-electron chi connectivity index (χ3n) is 1.80. The van der Waals surface area contributed by atoms with Gasteiger partial charge < -0.3 is 15.8 Å². The van der Waals surface area contributed by atoms with E-state index in [1.165, 1.54) is 0 Å². The van der Waals surface area contributed by atoms with Crippen LogP contribution in [0.15, 0.2) is 18.5 Å². The van der Waals surface area contributed by atoms with Crippen molar-refractivity contribution in [3.05, 3.63) is 18.5 Å². The summed E-state index contributed by atoms with van der Waals surface area (Å²) in [5.41, 5.74) is 7.01. The van der Waals surface area contributed by atoms with Crippen LogP contribution in [0.25, 0.3) is 0 Å². The number of nitrogen functional groups attached to an aromatic ring is 1. The van der Waals surface area contributed by atoms with Crippen LogP contribution in [0.3, 0.4) is 0 Å². The zero-order valence-corrected chi connectivity index (χ0v) is 8.69. The summed E-state index contributed by atoms with van der Waals surface area (Å²) in [4.78, 5) is 14.9. The number of nitrogens with zero attached hydrogens (tertiary/aromatic N) is 1. The maximum Gasteiger partial charge on any atom is 0.307 e. The van der Waals surface area contributed by atoms with E-state index >= 15 is 0 Å². The first-order chi connectivity index (χ1) is 7.24. The van der Waals surface area contributed by atoms with Gasteiger partial charge in [-0.25, -0.2) is 0 Å². The summed E-state index contributed by atoms with van der Waals surface area (Å²) in [6, 6.07) is 1.76. The molecule has 1 aromatic heterocycles. The SMILES string of the molecule is CCOC(=O)CCNc1ccncc1N. The second kappa shape index (κ2) is 5.85. The van der Waals surface area contributed by atoms with Gasteiger partial charge in [-0.3, -0.25) is 9.78 Å². The first kappa shape index (κ1) is 11.3. The number of carbonyl (C=O) groups is 1. The lowest BCUT2D eigenvalue weighted by Crippen LogP contribution is -2.12. The highest BCUT2D eigenvalue weighted by molar-refractivity contribution is 5.71. The number of rotatable bonds is 5. The molecule has 0 radical (unpaired) electrons. The molecule has 0 spiro atoms. The quantitative estimate of drug-likeness (QED) is 0.708. The van der Waals surface area contributed by atoms with Crippen molar-refractivity contribution in [2.45, 2.75) is 13.3 Å². The molecular weight excluding hydrogens is 194 g/mol.